The van der Waals surface area contributed by atoms with Gasteiger partial charge in [0, 0.05) is 9.75 Å². The van der Waals surface area contributed by atoms with Crippen LogP contribution in [-0.2, 0) is 9.53 Å². The molecule has 0 saturated heterocycles. The van der Waals surface area contributed by atoms with Crippen LogP contribution in [0, 0.1) is 6.92 Å². The SMILES string of the molecule is CCOC(=O)C(N)c1ccc(C)s1. The fraction of sp³-hybridized carbons (Fsp3) is 0.444. The summed E-state index contributed by atoms with van der Waals surface area (Å²) in [5, 5.41) is 0. The third-order valence-electron chi connectivity index (χ3n) is 1.61. The molecular formula is C9H13NO2S. The summed E-state index contributed by atoms with van der Waals surface area (Å²) in [5.74, 6) is -0.357. The molecule has 0 bridgehead atoms. The Bertz CT molecular complexity index is 296. The number of ether oxygens (including phenoxy) is 1. The average molecular weight is 199 g/mol. The highest BCUT2D eigenvalue weighted by Crippen LogP contribution is 2.21. The second-order valence-electron chi connectivity index (χ2n) is 2.68. The highest BCUT2D eigenvalue weighted by atomic mass is 32.1. The highest BCUT2D eigenvalue weighted by molar-refractivity contribution is 7.12. The topological polar surface area (TPSA) is 52.3 Å². The average Bonchev–Trinajstić information content (AvgIpc) is 2.51. The summed E-state index contributed by atoms with van der Waals surface area (Å²) in [5.41, 5.74) is 5.67. The summed E-state index contributed by atoms with van der Waals surface area (Å²) in [4.78, 5) is 13.2. The largest absolute Gasteiger partial charge is 0.465 e. The van der Waals surface area contributed by atoms with Gasteiger partial charge in [0.05, 0.1) is 6.61 Å². The van der Waals surface area contributed by atoms with Crippen molar-refractivity contribution < 1.29 is 9.53 Å². The van der Waals surface area contributed by atoms with E-state index >= 15 is 0 Å². The Hall–Kier alpha value is -0.870. The molecule has 0 amide bonds. The first-order valence-electron chi connectivity index (χ1n) is 4.13. The first kappa shape index (κ1) is 10.2. The quantitative estimate of drug-likeness (QED) is 0.752. The van der Waals surface area contributed by atoms with Crippen LogP contribution in [0.1, 0.15) is 22.7 Å². The van der Waals surface area contributed by atoms with Crippen LogP contribution in [0.3, 0.4) is 0 Å². The fourth-order valence-electron chi connectivity index (χ4n) is 0.969. The molecule has 0 aliphatic heterocycles. The molecule has 1 atom stereocenters. The molecule has 1 aromatic heterocycles. The molecule has 1 aromatic rings. The molecule has 0 aliphatic carbocycles. The van der Waals surface area contributed by atoms with E-state index < -0.39 is 6.04 Å². The minimum Gasteiger partial charge on any atom is -0.465 e. The lowest BCUT2D eigenvalue weighted by Gasteiger charge is -2.07. The molecule has 2 N–H and O–H groups in total. The standard InChI is InChI=1S/C9H13NO2S/c1-3-12-9(11)8(10)7-5-4-6(2)13-7/h4-5,8H,3,10H2,1-2H3. The molecular weight excluding hydrogens is 186 g/mol. The van der Waals surface area contributed by atoms with Gasteiger partial charge in [0.15, 0.2) is 0 Å². The van der Waals surface area contributed by atoms with Crippen LogP contribution in [0.4, 0.5) is 0 Å². The molecule has 1 heterocycles. The van der Waals surface area contributed by atoms with E-state index in [9.17, 15) is 4.79 Å². The third-order valence-corrected chi connectivity index (χ3v) is 2.69. The number of nitrogens with two attached hydrogens (primary N) is 1. The monoisotopic (exact) mass is 199 g/mol. The maximum Gasteiger partial charge on any atom is 0.328 e. The third kappa shape index (κ3) is 2.54. The molecule has 1 rings (SSSR count). The van der Waals surface area contributed by atoms with Crippen molar-refractivity contribution in [3.05, 3.63) is 21.9 Å². The number of aryl methyl sites for hydroxylation is 1. The maximum atomic E-state index is 11.2. The number of rotatable bonds is 3. The van der Waals surface area contributed by atoms with Crippen molar-refractivity contribution >= 4 is 17.3 Å². The van der Waals surface area contributed by atoms with Crippen molar-refractivity contribution in [1.82, 2.24) is 0 Å². The van der Waals surface area contributed by atoms with Crippen LogP contribution in [-0.4, -0.2) is 12.6 Å². The maximum absolute atomic E-state index is 11.2. The number of esters is 1. The first-order chi connectivity index (χ1) is 6.15. The lowest BCUT2D eigenvalue weighted by Crippen LogP contribution is -2.22. The van der Waals surface area contributed by atoms with Gasteiger partial charge >= 0.3 is 5.97 Å². The summed E-state index contributed by atoms with van der Waals surface area (Å²) in [7, 11) is 0. The van der Waals surface area contributed by atoms with Crippen molar-refractivity contribution in [3.63, 3.8) is 0 Å². The van der Waals surface area contributed by atoms with Gasteiger partial charge in [-0.15, -0.1) is 11.3 Å². The number of hydrogen-bond donors (Lipinski definition) is 1. The highest BCUT2D eigenvalue weighted by Gasteiger charge is 2.17. The summed E-state index contributed by atoms with van der Waals surface area (Å²) < 4.78 is 4.81. The van der Waals surface area contributed by atoms with E-state index in [1.807, 2.05) is 19.1 Å². The Labute approximate surface area is 81.5 Å². The van der Waals surface area contributed by atoms with E-state index in [1.54, 1.807) is 6.92 Å². The molecule has 13 heavy (non-hydrogen) atoms. The van der Waals surface area contributed by atoms with Crippen molar-refractivity contribution in [1.29, 1.82) is 0 Å². The van der Waals surface area contributed by atoms with Gasteiger partial charge in [-0.25, -0.2) is 4.79 Å². The number of thiophene rings is 1. The lowest BCUT2D eigenvalue weighted by atomic mass is 10.2. The predicted octanol–water partition coefficient (Wildman–Crippen LogP) is 1.62. The molecule has 0 fully saturated rings. The molecule has 72 valence electrons. The zero-order valence-corrected chi connectivity index (χ0v) is 8.56. The Morgan fingerprint density at radius 1 is 1.69 bits per heavy atom. The normalized spacial score (nSPS) is 12.5. The number of carbonyl (C=O) groups excluding carboxylic acids is 1. The Morgan fingerprint density at radius 2 is 2.38 bits per heavy atom. The Balaban J connectivity index is 2.67. The Kier molecular flexibility index (Phi) is 3.45. The molecule has 0 spiro atoms. The van der Waals surface area contributed by atoms with E-state index in [2.05, 4.69) is 0 Å². The summed E-state index contributed by atoms with van der Waals surface area (Å²) in [6.45, 7) is 4.12. The van der Waals surface area contributed by atoms with Crippen molar-refractivity contribution in [2.75, 3.05) is 6.61 Å². The molecule has 0 aliphatic rings. The van der Waals surface area contributed by atoms with E-state index in [-0.39, 0.29) is 5.97 Å². The minimum atomic E-state index is -0.626. The zero-order chi connectivity index (χ0) is 9.84. The second kappa shape index (κ2) is 4.39. The van der Waals surface area contributed by atoms with Gasteiger partial charge < -0.3 is 10.5 Å². The predicted molar refractivity (Wildman–Crippen MR) is 52.6 cm³/mol. The van der Waals surface area contributed by atoms with Crippen molar-refractivity contribution in [2.45, 2.75) is 19.9 Å². The van der Waals surface area contributed by atoms with E-state index in [0.29, 0.717) is 6.61 Å². The molecule has 1 unspecified atom stereocenters. The summed E-state index contributed by atoms with van der Waals surface area (Å²) in [6.07, 6.45) is 0. The molecule has 4 heteroatoms. The summed E-state index contributed by atoms with van der Waals surface area (Å²) in [6, 6.07) is 3.18. The van der Waals surface area contributed by atoms with Gasteiger partial charge in [0.1, 0.15) is 6.04 Å². The number of carbonyl (C=O) groups is 1. The van der Waals surface area contributed by atoms with Gasteiger partial charge in [-0.3, -0.25) is 0 Å². The van der Waals surface area contributed by atoms with Crippen molar-refractivity contribution in [2.24, 2.45) is 5.73 Å². The smallest absolute Gasteiger partial charge is 0.328 e. The van der Waals surface area contributed by atoms with E-state index in [0.717, 1.165) is 9.75 Å². The Morgan fingerprint density at radius 3 is 2.85 bits per heavy atom. The van der Waals surface area contributed by atoms with Crippen LogP contribution in [0.5, 0.6) is 0 Å². The van der Waals surface area contributed by atoms with Crippen LogP contribution >= 0.6 is 11.3 Å². The fourth-order valence-corrected chi connectivity index (χ4v) is 1.84. The first-order valence-corrected chi connectivity index (χ1v) is 4.95. The van der Waals surface area contributed by atoms with Crippen LogP contribution in [0.25, 0.3) is 0 Å². The molecule has 0 saturated carbocycles. The zero-order valence-electron chi connectivity index (χ0n) is 7.74. The van der Waals surface area contributed by atoms with Gasteiger partial charge in [-0.2, -0.15) is 0 Å². The second-order valence-corrected chi connectivity index (χ2v) is 4.00. The molecule has 0 radical (unpaired) electrons. The van der Waals surface area contributed by atoms with E-state index in [4.69, 9.17) is 10.5 Å². The van der Waals surface area contributed by atoms with Crippen LogP contribution < -0.4 is 5.73 Å². The van der Waals surface area contributed by atoms with Crippen molar-refractivity contribution in [3.8, 4) is 0 Å². The minimum absolute atomic E-state index is 0.357. The van der Waals surface area contributed by atoms with Gasteiger partial charge in [0.2, 0.25) is 0 Å². The number of hydrogen-bond acceptors (Lipinski definition) is 4. The van der Waals surface area contributed by atoms with Crippen LogP contribution in [0.15, 0.2) is 12.1 Å². The van der Waals surface area contributed by atoms with Crippen LogP contribution in [0.2, 0.25) is 0 Å². The lowest BCUT2D eigenvalue weighted by molar-refractivity contribution is -0.144. The van der Waals surface area contributed by atoms with Gasteiger partial charge in [0.25, 0.3) is 0 Å². The molecule has 0 aromatic carbocycles. The van der Waals surface area contributed by atoms with E-state index in [1.165, 1.54) is 11.3 Å². The van der Waals surface area contributed by atoms with Gasteiger partial charge in [-0.05, 0) is 26.0 Å². The molecule has 3 nitrogen and oxygen atoms in total. The summed E-state index contributed by atoms with van der Waals surface area (Å²) >= 11 is 1.52. The van der Waals surface area contributed by atoms with Gasteiger partial charge in [-0.1, -0.05) is 0 Å².